The van der Waals surface area contributed by atoms with Gasteiger partial charge in [-0.05, 0) is 24.7 Å². The lowest BCUT2D eigenvalue weighted by atomic mass is 10.2. The number of benzene rings is 1. The Labute approximate surface area is 103 Å². The second-order valence-electron chi connectivity index (χ2n) is 3.27. The predicted octanol–water partition coefficient (Wildman–Crippen LogP) is 1.49. The van der Waals surface area contributed by atoms with Crippen LogP contribution in [0.4, 0.5) is 0 Å². The van der Waals surface area contributed by atoms with Crippen molar-refractivity contribution >= 4 is 21.8 Å². The van der Waals surface area contributed by atoms with Gasteiger partial charge in [-0.3, -0.25) is 4.79 Å². The first-order valence-electron chi connectivity index (χ1n) is 5.12. The van der Waals surface area contributed by atoms with Crippen molar-refractivity contribution in [1.29, 1.82) is 0 Å². The van der Waals surface area contributed by atoms with Gasteiger partial charge in [-0.15, -0.1) is 0 Å². The van der Waals surface area contributed by atoms with E-state index in [-0.39, 0.29) is 17.2 Å². The molecule has 4 nitrogen and oxygen atoms in total. The van der Waals surface area contributed by atoms with E-state index in [1.165, 1.54) is 6.07 Å². The molecule has 0 heterocycles. The van der Waals surface area contributed by atoms with Crippen LogP contribution in [0.3, 0.4) is 0 Å². The lowest BCUT2D eigenvalue weighted by Crippen LogP contribution is -2.31. The molecule has 1 rings (SSSR count). The molecule has 1 aromatic rings. The van der Waals surface area contributed by atoms with Crippen molar-refractivity contribution < 1.29 is 9.90 Å². The molecule has 0 fully saturated rings. The Morgan fingerprint density at radius 3 is 2.88 bits per heavy atom. The van der Waals surface area contributed by atoms with Crippen molar-refractivity contribution in [2.24, 2.45) is 0 Å². The number of aromatic hydroxyl groups is 1. The topological polar surface area (TPSA) is 61.4 Å². The molecular formula is C11H15BrN2O2. The van der Waals surface area contributed by atoms with E-state index in [1.54, 1.807) is 12.1 Å². The summed E-state index contributed by atoms with van der Waals surface area (Å²) >= 11 is 3.25. The molecule has 1 amide bonds. The molecular weight excluding hydrogens is 272 g/mol. The number of rotatable bonds is 5. The van der Waals surface area contributed by atoms with E-state index in [9.17, 15) is 9.90 Å². The molecule has 0 atom stereocenters. The fourth-order valence-electron chi connectivity index (χ4n) is 1.23. The van der Waals surface area contributed by atoms with E-state index in [4.69, 9.17) is 0 Å². The number of carbonyl (C=O) groups is 1. The smallest absolute Gasteiger partial charge is 0.255 e. The molecule has 0 aromatic heterocycles. The monoisotopic (exact) mass is 286 g/mol. The van der Waals surface area contributed by atoms with Crippen LogP contribution in [0.25, 0.3) is 0 Å². The van der Waals surface area contributed by atoms with E-state index in [1.807, 2.05) is 6.92 Å². The van der Waals surface area contributed by atoms with Gasteiger partial charge in [-0.25, -0.2) is 0 Å². The number of phenolic OH excluding ortho intramolecular Hbond substituents is 1. The van der Waals surface area contributed by atoms with Crippen molar-refractivity contribution in [1.82, 2.24) is 10.6 Å². The summed E-state index contributed by atoms with van der Waals surface area (Å²) in [5.74, 6) is -0.277. The summed E-state index contributed by atoms with van der Waals surface area (Å²) in [6.45, 7) is 4.13. The zero-order chi connectivity index (χ0) is 12.0. The van der Waals surface area contributed by atoms with Crippen molar-refractivity contribution in [3.63, 3.8) is 0 Å². The van der Waals surface area contributed by atoms with Gasteiger partial charge in [0.2, 0.25) is 0 Å². The van der Waals surface area contributed by atoms with E-state index in [0.717, 1.165) is 17.6 Å². The normalized spacial score (nSPS) is 10.1. The molecule has 0 saturated heterocycles. The maximum atomic E-state index is 11.7. The summed E-state index contributed by atoms with van der Waals surface area (Å²) < 4.78 is 0.766. The van der Waals surface area contributed by atoms with Gasteiger partial charge in [0, 0.05) is 17.6 Å². The average molecular weight is 287 g/mol. The zero-order valence-corrected chi connectivity index (χ0v) is 10.7. The largest absolute Gasteiger partial charge is 0.507 e. The van der Waals surface area contributed by atoms with Gasteiger partial charge in [0.05, 0.1) is 5.56 Å². The standard InChI is InChI=1S/C11H15BrN2O2/c1-2-13-5-6-14-11(16)9-7-8(12)3-4-10(9)15/h3-4,7,13,15H,2,5-6H2,1H3,(H,14,16). The van der Waals surface area contributed by atoms with Crippen molar-refractivity contribution in [3.05, 3.63) is 28.2 Å². The van der Waals surface area contributed by atoms with Crippen LogP contribution >= 0.6 is 15.9 Å². The first-order chi connectivity index (χ1) is 7.65. The second-order valence-corrected chi connectivity index (χ2v) is 4.19. The van der Waals surface area contributed by atoms with Gasteiger partial charge in [0.15, 0.2) is 0 Å². The van der Waals surface area contributed by atoms with Crippen LogP contribution in [0.1, 0.15) is 17.3 Å². The maximum absolute atomic E-state index is 11.7. The molecule has 0 bridgehead atoms. The van der Waals surface area contributed by atoms with Crippen LogP contribution < -0.4 is 10.6 Å². The Bertz CT molecular complexity index is 369. The Morgan fingerprint density at radius 2 is 2.19 bits per heavy atom. The highest BCUT2D eigenvalue weighted by molar-refractivity contribution is 9.10. The number of hydrogen-bond donors (Lipinski definition) is 3. The molecule has 88 valence electrons. The minimum atomic E-state index is -0.267. The number of likely N-dealkylation sites (N-methyl/N-ethyl adjacent to an activating group) is 1. The van der Waals surface area contributed by atoms with E-state index < -0.39 is 0 Å². The summed E-state index contributed by atoms with van der Waals surface area (Å²) in [7, 11) is 0. The molecule has 0 aliphatic rings. The third kappa shape index (κ3) is 3.83. The molecule has 3 N–H and O–H groups in total. The highest BCUT2D eigenvalue weighted by Crippen LogP contribution is 2.21. The van der Waals surface area contributed by atoms with Crippen LogP contribution in [0.15, 0.2) is 22.7 Å². The lowest BCUT2D eigenvalue weighted by Gasteiger charge is -2.07. The van der Waals surface area contributed by atoms with Gasteiger partial charge in [-0.1, -0.05) is 22.9 Å². The molecule has 0 aliphatic carbocycles. The second kappa shape index (κ2) is 6.50. The number of halogens is 1. The minimum Gasteiger partial charge on any atom is -0.507 e. The average Bonchev–Trinajstić information content (AvgIpc) is 2.27. The van der Waals surface area contributed by atoms with Crippen LogP contribution in [-0.2, 0) is 0 Å². The molecule has 0 unspecified atom stereocenters. The third-order valence-corrected chi connectivity index (χ3v) is 2.53. The molecule has 5 heteroatoms. The number of amides is 1. The van der Waals surface area contributed by atoms with Crippen molar-refractivity contribution in [2.45, 2.75) is 6.92 Å². The van der Waals surface area contributed by atoms with Crippen LogP contribution in [0.5, 0.6) is 5.75 Å². The van der Waals surface area contributed by atoms with Gasteiger partial charge < -0.3 is 15.7 Å². The van der Waals surface area contributed by atoms with Crippen LogP contribution in [0.2, 0.25) is 0 Å². The first kappa shape index (κ1) is 13.0. The summed E-state index contributed by atoms with van der Waals surface area (Å²) in [5.41, 5.74) is 0.283. The summed E-state index contributed by atoms with van der Waals surface area (Å²) in [6, 6.07) is 4.77. The summed E-state index contributed by atoms with van der Waals surface area (Å²) in [5, 5.41) is 15.3. The lowest BCUT2D eigenvalue weighted by molar-refractivity contribution is 0.0951. The summed E-state index contributed by atoms with van der Waals surface area (Å²) in [4.78, 5) is 11.7. The molecule has 0 saturated carbocycles. The number of phenols is 1. The van der Waals surface area contributed by atoms with Gasteiger partial charge in [-0.2, -0.15) is 0 Å². The maximum Gasteiger partial charge on any atom is 0.255 e. The minimum absolute atomic E-state index is 0.0100. The Kier molecular flexibility index (Phi) is 5.28. The number of carbonyl (C=O) groups excluding carboxylic acids is 1. The van der Waals surface area contributed by atoms with Crippen molar-refractivity contribution in [2.75, 3.05) is 19.6 Å². The fourth-order valence-corrected chi connectivity index (χ4v) is 1.59. The van der Waals surface area contributed by atoms with Crippen LogP contribution in [0, 0.1) is 0 Å². The van der Waals surface area contributed by atoms with E-state index in [2.05, 4.69) is 26.6 Å². The SMILES string of the molecule is CCNCCNC(=O)c1cc(Br)ccc1O. The molecule has 0 radical (unpaired) electrons. The molecule has 0 spiro atoms. The number of nitrogens with one attached hydrogen (secondary N) is 2. The Morgan fingerprint density at radius 1 is 1.44 bits per heavy atom. The predicted molar refractivity (Wildman–Crippen MR) is 66.7 cm³/mol. The highest BCUT2D eigenvalue weighted by Gasteiger charge is 2.10. The first-order valence-corrected chi connectivity index (χ1v) is 5.92. The van der Waals surface area contributed by atoms with Gasteiger partial charge in [0.1, 0.15) is 5.75 Å². The quantitative estimate of drug-likeness (QED) is 0.719. The molecule has 16 heavy (non-hydrogen) atoms. The van der Waals surface area contributed by atoms with E-state index >= 15 is 0 Å². The van der Waals surface area contributed by atoms with Crippen molar-refractivity contribution in [3.8, 4) is 5.75 Å². The van der Waals surface area contributed by atoms with Crippen LogP contribution in [-0.4, -0.2) is 30.6 Å². The van der Waals surface area contributed by atoms with Gasteiger partial charge >= 0.3 is 0 Å². The van der Waals surface area contributed by atoms with E-state index in [0.29, 0.717) is 6.54 Å². The fraction of sp³-hybridized carbons (Fsp3) is 0.364. The Hall–Kier alpha value is -1.07. The summed E-state index contributed by atoms with van der Waals surface area (Å²) in [6.07, 6.45) is 0. The molecule has 1 aromatic carbocycles. The molecule has 0 aliphatic heterocycles. The Balaban J connectivity index is 2.55. The zero-order valence-electron chi connectivity index (χ0n) is 9.09. The third-order valence-electron chi connectivity index (χ3n) is 2.04. The number of hydrogen-bond acceptors (Lipinski definition) is 3. The highest BCUT2D eigenvalue weighted by atomic mass is 79.9. The van der Waals surface area contributed by atoms with Gasteiger partial charge in [0.25, 0.3) is 5.91 Å².